The maximum absolute atomic E-state index is 12.3. The molecule has 0 atom stereocenters. The lowest BCUT2D eigenvalue weighted by atomic mass is 9.92. The van der Waals surface area contributed by atoms with Crippen LogP contribution in [0.25, 0.3) is 5.69 Å². The number of hydrogen-bond acceptors (Lipinski definition) is 5. The molecule has 4 rings (SSSR count). The molecule has 6 nitrogen and oxygen atoms in total. The summed E-state index contributed by atoms with van der Waals surface area (Å²) in [5, 5.41) is 4.31. The van der Waals surface area contributed by atoms with Crippen LogP contribution in [-0.4, -0.2) is 40.9 Å². The molecule has 2 aliphatic rings. The van der Waals surface area contributed by atoms with Crippen LogP contribution in [0.3, 0.4) is 0 Å². The van der Waals surface area contributed by atoms with Crippen molar-refractivity contribution >= 4 is 5.97 Å². The summed E-state index contributed by atoms with van der Waals surface area (Å²) in [5.41, 5.74) is 1.24. The predicted octanol–water partition coefficient (Wildman–Crippen LogP) is 2.71. The second-order valence-electron chi connectivity index (χ2n) is 6.19. The number of rotatable bonds is 3. The highest BCUT2D eigenvalue weighted by Gasteiger charge is 2.41. The molecule has 1 saturated heterocycles. The zero-order valence-electron chi connectivity index (χ0n) is 13.4. The summed E-state index contributed by atoms with van der Waals surface area (Å²) in [6.45, 7) is 1.31. The summed E-state index contributed by atoms with van der Waals surface area (Å²) in [4.78, 5) is 12.3. The van der Waals surface area contributed by atoms with Crippen molar-refractivity contribution in [2.24, 2.45) is 0 Å². The Morgan fingerprint density at radius 3 is 2.54 bits per heavy atom. The van der Waals surface area contributed by atoms with Gasteiger partial charge in [0.1, 0.15) is 6.10 Å². The van der Waals surface area contributed by atoms with Gasteiger partial charge in [-0.2, -0.15) is 5.10 Å². The Hall–Kier alpha value is -2.18. The lowest BCUT2D eigenvalue weighted by Crippen LogP contribution is -2.38. The number of esters is 1. The van der Waals surface area contributed by atoms with Crippen molar-refractivity contribution in [1.29, 1.82) is 0 Å². The maximum Gasteiger partial charge on any atom is 0.359 e. The molecule has 24 heavy (non-hydrogen) atoms. The molecule has 1 aliphatic heterocycles. The van der Waals surface area contributed by atoms with Crippen LogP contribution in [0.1, 0.15) is 36.2 Å². The lowest BCUT2D eigenvalue weighted by molar-refractivity contribution is -0.188. The van der Waals surface area contributed by atoms with Crippen molar-refractivity contribution in [3.05, 3.63) is 48.3 Å². The van der Waals surface area contributed by atoms with Crippen molar-refractivity contribution in [1.82, 2.24) is 9.78 Å². The number of para-hydroxylation sites is 1. The molecule has 1 spiro atoms. The molecule has 2 heterocycles. The highest BCUT2D eigenvalue weighted by Crippen LogP contribution is 2.36. The minimum atomic E-state index is -0.433. The summed E-state index contributed by atoms with van der Waals surface area (Å²) in [6.07, 6.45) is 4.71. The number of carbonyl (C=O) groups is 1. The van der Waals surface area contributed by atoms with E-state index in [1.807, 2.05) is 30.3 Å². The number of nitrogens with zero attached hydrogens (tertiary/aromatic N) is 2. The van der Waals surface area contributed by atoms with E-state index >= 15 is 0 Å². The molecule has 0 N–H and O–H groups in total. The summed E-state index contributed by atoms with van der Waals surface area (Å²) in [7, 11) is 0. The van der Waals surface area contributed by atoms with Gasteiger partial charge in [0.05, 0.1) is 18.9 Å². The monoisotopic (exact) mass is 328 g/mol. The standard InChI is InChI=1S/C18H20N2O4/c21-17(16-8-11-20(19-16)14-4-2-1-3-5-14)24-15-6-9-18(10-7-15)22-12-13-23-18/h1-5,8,11,15H,6-7,9-10,12-13H2. The van der Waals surface area contributed by atoms with Crippen LogP contribution in [0, 0.1) is 0 Å². The van der Waals surface area contributed by atoms with E-state index in [9.17, 15) is 4.79 Å². The average Bonchev–Trinajstić information content (AvgIpc) is 3.28. The molecule has 1 aromatic heterocycles. The van der Waals surface area contributed by atoms with Crippen LogP contribution >= 0.6 is 0 Å². The molecule has 0 amide bonds. The zero-order chi connectivity index (χ0) is 16.4. The second kappa shape index (κ2) is 6.37. The van der Waals surface area contributed by atoms with Gasteiger partial charge in [-0.15, -0.1) is 0 Å². The van der Waals surface area contributed by atoms with E-state index in [1.54, 1.807) is 16.9 Å². The molecular formula is C18H20N2O4. The van der Waals surface area contributed by atoms with Gasteiger partial charge in [-0.05, 0) is 31.0 Å². The summed E-state index contributed by atoms with van der Waals surface area (Å²) in [6, 6.07) is 11.4. The van der Waals surface area contributed by atoms with Crippen molar-refractivity contribution in [3.8, 4) is 5.69 Å². The van der Waals surface area contributed by atoms with E-state index in [0.29, 0.717) is 18.9 Å². The highest BCUT2D eigenvalue weighted by atomic mass is 16.7. The van der Waals surface area contributed by atoms with Crippen LogP contribution in [0.2, 0.25) is 0 Å². The molecule has 6 heteroatoms. The van der Waals surface area contributed by atoms with Crippen molar-refractivity contribution in [2.45, 2.75) is 37.6 Å². The van der Waals surface area contributed by atoms with E-state index < -0.39 is 5.79 Å². The zero-order valence-corrected chi connectivity index (χ0v) is 13.4. The Balaban J connectivity index is 1.36. The maximum atomic E-state index is 12.3. The van der Waals surface area contributed by atoms with Gasteiger partial charge in [0.2, 0.25) is 0 Å². The molecular weight excluding hydrogens is 308 g/mol. The Morgan fingerprint density at radius 2 is 1.83 bits per heavy atom. The van der Waals surface area contributed by atoms with Crippen molar-refractivity contribution in [2.75, 3.05) is 13.2 Å². The van der Waals surface area contributed by atoms with Gasteiger partial charge in [0.25, 0.3) is 0 Å². The minimum absolute atomic E-state index is 0.0993. The highest BCUT2D eigenvalue weighted by molar-refractivity contribution is 5.87. The van der Waals surface area contributed by atoms with Gasteiger partial charge in [0.15, 0.2) is 11.5 Å². The van der Waals surface area contributed by atoms with Crippen molar-refractivity contribution in [3.63, 3.8) is 0 Å². The third-order valence-electron chi connectivity index (χ3n) is 4.60. The normalized spacial score (nSPS) is 20.3. The number of hydrogen-bond donors (Lipinski definition) is 0. The summed E-state index contributed by atoms with van der Waals surface area (Å²) in [5.74, 6) is -0.809. The van der Waals surface area contributed by atoms with Crippen LogP contribution in [0.5, 0.6) is 0 Å². The fourth-order valence-electron chi connectivity index (χ4n) is 3.30. The van der Waals surface area contributed by atoms with Crippen LogP contribution in [-0.2, 0) is 14.2 Å². The Morgan fingerprint density at radius 1 is 1.12 bits per heavy atom. The first kappa shape index (κ1) is 15.4. The van der Waals surface area contributed by atoms with Crippen LogP contribution in [0.4, 0.5) is 0 Å². The Bertz CT molecular complexity index is 697. The lowest BCUT2D eigenvalue weighted by Gasteiger charge is -2.34. The quantitative estimate of drug-likeness (QED) is 0.811. The molecule has 2 fully saturated rings. The summed E-state index contributed by atoms with van der Waals surface area (Å²) >= 11 is 0. The fraction of sp³-hybridized carbons (Fsp3) is 0.444. The number of ether oxygens (including phenoxy) is 3. The Labute approximate surface area is 140 Å². The predicted molar refractivity (Wildman–Crippen MR) is 85.9 cm³/mol. The fourth-order valence-corrected chi connectivity index (χ4v) is 3.30. The third-order valence-corrected chi connectivity index (χ3v) is 4.60. The molecule has 1 aromatic carbocycles. The first-order valence-corrected chi connectivity index (χ1v) is 8.34. The average molecular weight is 328 g/mol. The third kappa shape index (κ3) is 3.07. The van der Waals surface area contributed by atoms with E-state index in [1.165, 1.54) is 0 Å². The van der Waals surface area contributed by atoms with E-state index in [4.69, 9.17) is 14.2 Å². The minimum Gasteiger partial charge on any atom is -0.458 e. The number of carbonyl (C=O) groups excluding carboxylic acids is 1. The topological polar surface area (TPSA) is 62.6 Å². The van der Waals surface area contributed by atoms with Gasteiger partial charge in [0, 0.05) is 19.0 Å². The SMILES string of the molecule is O=C(OC1CCC2(CC1)OCCO2)c1ccn(-c2ccccc2)n1. The van der Waals surface area contributed by atoms with Crippen molar-refractivity contribution < 1.29 is 19.0 Å². The summed E-state index contributed by atoms with van der Waals surface area (Å²) < 4.78 is 18.7. The number of aromatic nitrogens is 2. The van der Waals surface area contributed by atoms with E-state index in [0.717, 1.165) is 31.4 Å². The molecule has 1 saturated carbocycles. The van der Waals surface area contributed by atoms with E-state index in [-0.39, 0.29) is 12.1 Å². The van der Waals surface area contributed by atoms with E-state index in [2.05, 4.69) is 5.10 Å². The van der Waals surface area contributed by atoms with Gasteiger partial charge in [-0.3, -0.25) is 0 Å². The largest absolute Gasteiger partial charge is 0.458 e. The van der Waals surface area contributed by atoms with Gasteiger partial charge in [-0.25, -0.2) is 9.48 Å². The molecule has 0 bridgehead atoms. The number of benzene rings is 1. The molecule has 0 radical (unpaired) electrons. The van der Waals surface area contributed by atoms with Gasteiger partial charge in [-0.1, -0.05) is 18.2 Å². The first-order valence-electron chi connectivity index (χ1n) is 8.34. The van der Waals surface area contributed by atoms with Crippen LogP contribution in [0.15, 0.2) is 42.6 Å². The first-order chi connectivity index (χ1) is 11.7. The van der Waals surface area contributed by atoms with Gasteiger partial charge >= 0.3 is 5.97 Å². The molecule has 126 valence electrons. The molecule has 1 aliphatic carbocycles. The Kier molecular flexibility index (Phi) is 4.08. The second-order valence-corrected chi connectivity index (χ2v) is 6.19. The molecule has 0 unspecified atom stereocenters. The van der Waals surface area contributed by atoms with Crippen LogP contribution < -0.4 is 0 Å². The van der Waals surface area contributed by atoms with Gasteiger partial charge < -0.3 is 14.2 Å². The molecule has 2 aromatic rings. The smallest absolute Gasteiger partial charge is 0.359 e.